The van der Waals surface area contributed by atoms with Crippen molar-refractivity contribution in [3.8, 4) is 0 Å². The van der Waals surface area contributed by atoms with Gasteiger partial charge in [0.05, 0.1) is 32.7 Å². The van der Waals surface area contributed by atoms with Gasteiger partial charge in [0, 0.05) is 38.5 Å². The Hall–Kier alpha value is -2.26. The Bertz CT molecular complexity index is 737. The van der Waals surface area contributed by atoms with Gasteiger partial charge in [0.2, 0.25) is 0 Å². The first-order chi connectivity index (χ1) is 17.5. The molecule has 0 saturated carbocycles. The van der Waals surface area contributed by atoms with Crippen molar-refractivity contribution in [3.63, 3.8) is 0 Å². The van der Waals surface area contributed by atoms with E-state index in [2.05, 4.69) is 10.6 Å². The van der Waals surface area contributed by atoms with Gasteiger partial charge in [-0.1, -0.05) is 25.7 Å². The maximum Gasteiger partial charge on any atom is 0.306 e. The monoisotopic (exact) mass is 538 g/mol. The highest BCUT2D eigenvalue weighted by molar-refractivity contribution is 5.69. The van der Waals surface area contributed by atoms with Crippen molar-refractivity contribution in [3.05, 3.63) is 9.81 Å². The SMILES string of the molecule is CC1(C)CC(OC(=O)CCCCCCCCC(=O)OC2CC(C)(C)N(N=O)C(C)(C)C2)CC(C)(C)N1N=O. The van der Waals surface area contributed by atoms with E-state index in [0.717, 1.165) is 38.5 Å². The fourth-order valence-corrected chi connectivity index (χ4v) is 6.70. The largest absolute Gasteiger partial charge is 0.462 e. The lowest BCUT2D eigenvalue weighted by Gasteiger charge is -2.51. The fraction of sp³-hybridized carbons (Fsp3) is 0.929. The van der Waals surface area contributed by atoms with Gasteiger partial charge in [0.1, 0.15) is 12.2 Å². The first-order valence-corrected chi connectivity index (χ1v) is 14.2. The van der Waals surface area contributed by atoms with E-state index in [9.17, 15) is 19.4 Å². The molecule has 2 rings (SSSR count). The number of carbonyl (C=O) groups excluding carboxylic acids is 2. The number of hydrogen-bond acceptors (Lipinski definition) is 8. The zero-order valence-electron chi connectivity index (χ0n) is 24.9. The highest BCUT2D eigenvalue weighted by Crippen LogP contribution is 2.41. The maximum absolute atomic E-state index is 12.4. The first-order valence-electron chi connectivity index (χ1n) is 14.2. The van der Waals surface area contributed by atoms with Crippen LogP contribution in [0.25, 0.3) is 0 Å². The average molecular weight is 539 g/mol. The molecule has 10 nitrogen and oxygen atoms in total. The third kappa shape index (κ3) is 8.63. The van der Waals surface area contributed by atoms with Crippen LogP contribution in [0.2, 0.25) is 0 Å². The van der Waals surface area contributed by atoms with Crippen LogP contribution in [-0.2, 0) is 19.1 Å². The third-order valence-corrected chi connectivity index (χ3v) is 7.97. The number of nitrogens with zero attached hydrogens (tertiary/aromatic N) is 4. The molecule has 10 heteroatoms. The van der Waals surface area contributed by atoms with Crippen LogP contribution in [0.3, 0.4) is 0 Å². The molecule has 0 atom stereocenters. The molecule has 38 heavy (non-hydrogen) atoms. The Morgan fingerprint density at radius 3 is 1.11 bits per heavy atom. The standard InChI is InChI=1S/C28H50N4O6/c1-25(2)17-21(18-26(3,4)31(25)29-35)37-23(33)15-13-11-9-10-12-14-16-24(34)38-22-19-27(5,6)32(30-36)28(7,8)20-22/h21-22H,9-20H2,1-8H3. The van der Waals surface area contributed by atoms with Gasteiger partial charge in [0.15, 0.2) is 0 Å². The maximum atomic E-state index is 12.4. The van der Waals surface area contributed by atoms with Crippen molar-refractivity contribution < 1.29 is 19.1 Å². The summed E-state index contributed by atoms with van der Waals surface area (Å²) in [6.07, 6.45) is 8.16. The lowest BCUT2D eigenvalue weighted by Crippen LogP contribution is -2.59. The van der Waals surface area contributed by atoms with Crippen molar-refractivity contribution in [2.24, 2.45) is 10.6 Å². The molecule has 2 heterocycles. The van der Waals surface area contributed by atoms with E-state index in [1.807, 2.05) is 55.4 Å². The molecule has 0 aromatic heterocycles. The molecule has 0 unspecified atom stereocenters. The molecule has 2 aliphatic rings. The highest BCUT2D eigenvalue weighted by Gasteiger charge is 2.48. The Morgan fingerprint density at radius 1 is 0.579 bits per heavy atom. The van der Waals surface area contributed by atoms with Crippen LogP contribution < -0.4 is 0 Å². The van der Waals surface area contributed by atoms with Crippen molar-refractivity contribution >= 4 is 11.9 Å². The molecule has 0 aliphatic carbocycles. The Balaban J connectivity index is 1.57. The lowest BCUT2D eigenvalue weighted by molar-refractivity contribution is -0.162. The second-order valence-corrected chi connectivity index (χ2v) is 13.7. The summed E-state index contributed by atoms with van der Waals surface area (Å²) < 4.78 is 11.5. The minimum absolute atomic E-state index is 0.182. The van der Waals surface area contributed by atoms with Gasteiger partial charge in [-0.15, -0.1) is 9.81 Å². The Labute approximate surface area is 228 Å². The summed E-state index contributed by atoms with van der Waals surface area (Å²) in [5, 5.41) is 9.59. The molecule has 0 aromatic carbocycles. The molecule has 0 radical (unpaired) electrons. The fourth-order valence-electron chi connectivity index (χ4n) is 6.70. The zero-order chi connectivity index (χ0) is 28.8. The van der Waals surface area contributed by atoms with Crippen LogP contribution in [0.4, 0.5) is 0 Å². The van der Waals surface area contributed by atoms with E-state index in [0.29, 0.717) is 38.5 Å². The van der Waals surface area contributed by atoms with Gasteiger partial charge < -0.3 is 9.47 Å². The minimum Gasteiger partial charge on any atom is -0.462 e. The van der Waals surface area contributed by atoms with Crippen molar-refractivity contribution in [1.82, 2.24) is 10.0 Å². The number of ether oxygens (including phenoxy) is 2. The molecule has 218 valence electrons. The van der Waals surface area contributed by atoms with Crippen LogP contribution in [0.15, 0.2) is 10.6 Å². The topological polar surface area (TPSA) is 118 Å². The van der Waals surface area contributed by atoms with Gasteiger partial charge in [0.25, 0.3) is 0 Å². The molecule has 0 aromatic rings. The number of carbonyl (C=O) groups is 2. The first kappa shape index (κ1) is 32.0. The van der Waals surface area contributed by atoms with Gasteiger partial charge >= 0.3 is 11.9 Å². The van der Waals surface area contributed by atoms with Crippen LogP contribution in [0.5, 0.6) is 0 Å². The Morgan fingerprint density at radius 2 is 0.842 bits per heavy atom. The van der Waals surface area contributed by atoms with E-state index in [1.54, 1.807) is 10.0 Å². The second-order valence-electron chi connectivity index (χ2n) is 13.7. The number of nitroso groups, excluding NO2 is 2. The molecule has 0 N–H and O–H groups in total. The Kier molecular flexibility index (Phi) is 10.7. The number of piperidine rings is 2. The molecule has 2 saturated heterocycles. The number of hydrogen-bond donors (Lipinski definition) is 0. The van der Waals surface area contributed by atoms with Gasteiger partial charge in [-0.25, -0.2) is 10.0 Å². The summed E-state index contributed by atoms with van der Waals surface area (Å²) in [6, 6.07) is 0. The smallest absolute Gasteiger partial charge is 0.306 e. The number of unbranched alkanes of at least 4 members (excludes halogenated alkanes) is 5. The van der Waals surface area contributed by atoms with Crippen LogP contribution in [-0.4, -0.2) is 56.3 Å². The van der Waals surface area contributed by atoms with E-state index in [4.69, 9.17) is 9.47 Å². The summed E-state index contributed by atoms with van der Waals surface area (Å²) in [6.45, 7) is 15.6. The molecule has 0 bridgehead atoms. The van der Waals surface area contributed by atoms with E-state index in [1.165, 1.54) is 0 Å². The summed E-state index contributed by atoms with van der Waals surface area (Å²) in [5.41, 5.74) is -1.84. The predicted molar refractivity (Wildman–Crippen MR) is 147 cm³/mol. The lowest BCUT2D eigenvalue weighted by atomic mass is 9.80. The normalized spacial score (nSPS) is 22.5. The quantitative estimate of drug-likeness (QED) is 0.146. The van der Waals surface area contributed by atoms with E-state index < -0.39 is 22.2 Å². The van der Waals surface area contributed by atoms with Gasteiger partial charge in [-0.3, -0.25) is 9.59 Å². The summed E-state index contributed by atoms with van der Waals surface area (Å²) in [7, 11) is 0. The van der Waals surface area contributed by atoms with Gasteiger partial charge in [-0.2, -0.15) is 0 Å². The van der Waals surface area contributed by atoms with Crippen LogP contribution in [0, 0.1) is 9.81 Å². The third-order valence-electron chi connectivity index (χ3n) is 7.97. The van der Waals surface area contributed by atoms with Crippen molar-refractivity contribution in [1.29, 1.82) is 0 Å². The summed E-state index contributed by atoms with van der Waals surface area (Å²) in [4.78, 5) is 47.4. The van der Waals surface area contributed by atoms with Crippen molar-refractivity contribution in [2.75, 3.05) is 0 Å². The molecule has 2 aliphatic heterocycles. The number of esters is 2. The van der Waals surface area contributed by atoms with Crippen LogP contribution in [0.1, 0.15) is 132 Å². The molecule has 2 fully saturated rings. The van der Waals surface area contributed by atoms with E-state index in [-0.39, 0.29) is 24.1 Å². The minimum atomic E-state index is -0.459. The molecular formula is C28H50N4O6. The second kappa shape index (κ2) is 12.7. The van der Waals surface area contributed by atoms with Crippen LogP contribution >= 0.6 is 0 Å². The zero-order valence-corrected chi connectivity index (χ0v) is 24.9. The average Bonchev–Trinajstić information content (AvgIpc) is 2.72. The molecule has 0 spiro atoms. The van der Waals surface area contributed by atoms with Gasteiger partial charge in [-0.05, 0) is 68.2 Å². The predicted octanol–water partition coefficient (Wildman–Crippen LogP) is 6.60. The molecule has 0 amide bonds. The van der Waals surface area contributed by atoms with E-state index >= 15 is 0 Å². The highest BCUT2D eigenvalue weighted by atomic mass is 16.5. The summed E-state index contributed by atoms with van der Waals surface area (Å²) in [5.74, 6) is -0.365. The van der Waals surface area contributed by atoms with Crippen molar-refractivity contribution in [2.45, 2.75) is 167 Å². The molecular weight excluding hydrogens is 488 g/mol. The number of rotatable bonds is 13. The summed E-state index contributed by atoms with van der Waals surface area (Å²) >= 11 is 0.